The van der Waals surface area contributed by atoms with Crippen LogP contribution >= 0.6 is 0 Å². The Morgan fingerprint density at radius 3 is 3.07 bits per heavy atom. The lowest BCUT2D eigenvalue weighted by Crippen LogP contribution is -2.39. The van der Waals surface area contributed by atoms with Crippen LogP contribution in [0.25, 0.3) is 0 Å². The third-order valence-electron chi connectivity index (χ3n) is 3.04. The van der Waals surface area contributed by atoms with Gasteiger partial charge in [-0.15, -0.1) is 0 Å². The minimum Gasteiger partial charge on any atom is -0.468 e. The number of Topliss-reactive ketones (excluding diaryl/α,β-unsaturated/α-hetero) is 1. The third-order valence-corrected chi connectivity index (χ3v) is 3.04. The van der Waals surface area contributed by atoms with Crippen LogP contribution in [0.1, 0.15) is 31.4 Å². The van der Waals surface area contributed by atoms with E-state index < -0.39 is 0 Å². The van der Waals surface area contributed by atoms with E-state index in [0.717, 1.165) is 31.6 Å². The maximum absolute atomic E-state index is 11.7. The zero-order chi connectivity index (χ0) is 10.7. The van der Waals surface area contributed by atoms with Gasteiger partial charge in [0.2, 0.25) is 0 Å². The average molecular weight is 207 g/mol. The topological polar surface area (TPSA) is 33.5 Å². The van der Waals surface area contributed by atoms with Crippen LogP contribution < -0.4 is 0 Å². The Balaban J connectivity index is 1.94. The van der Waals surface area contributed by atoms with Crippen molar-refractivity contribution in [2.45, 2.75) is 38.3 Å². The molecule has 82 valence electrons. The Bertz CT molecular complexity index is 318. The number of hydrogen-bond donors (Lipinski definition) is 0. The van der Waals surface area contributed by atoms with Gasteiger partial charge in [-0.2, -0.15) is 0 Å². The van der Waals surface area contributed by atoms with Crippen LogP contribution in [0, 0.1) is 0 Å². The molecule has 2 rings (SSSR count). The monoisotopic (exact) mass is 207 g/mol. The summed E-state index contributed by atoms with van der Waals surface area (Å²) >= 11 is 0. The van der Waals surface area contributed by atoms with Crippen LogP contribution in [0.15, 0.2) is 22.8 Å². The van der Waals surface area contributed by atoms with E-state index in [1.165, 1.54) is 6.42 Å². The van der Waals surface area contributed by atoms with Gasteiger partial charge in [-0.25, -0.2) is 0 Å². The second-order valence-corrected chi connectivity index (χ2v) is 4.22. The predicted octanol–water partition coefficient (Wildman–Crippen LogP) is 2.22. The van der Waals surface area contributed by atoms with E-state index >= 15 is 0 Å². The molecule has 0 spiro atoms. The van der Waals surface area contributed by atoms with Gasteiger partial charge in [-0.3, -0.25) is 9.69 Å². The Morgan fingerprint density at radius 2 is 2.40 bits per heavy atom. The smallest absolute Gasteiger partial charge is 0.149 e. The second kappa shape index (κ2) is 4.62. The van der Waals surface area contributed by atoms with Gasteiger partial charge in [0, 0.05) is 6.42 Å². The molecule has 3 heteroatoms. The Labute approximate surface area is 90.1 Å². The summed E-state index contributed by atoms with van der Waals surface area (Å²) in [5, 5.41) is 0. The molecule has 15 heavy (non-hydrogen) atoms. The van der Waals surface area contributed by atoms with Gasteiger partial charge in [0.15, 0.2) is 0 Å². The fraction of sp³-hybridized carbons (Fsp3) is 0.583. The quantitative estimate of drug-likeness (QED) is 0.762. The summed E-state index contributed by atoms with van der Waals surface area (Å²) in [5.41, 5.74) is 0. The molecule has 1 aliphatic carbocycles. The molecule has 1 aromatic heterocycles. The Kier molecular flexibility index (Phi) is 3.21. The normalized spacial score (nSPS) is 22.3. The van der Waals surface area contributed by atoms with Crippen LogP contribution in [0.4, 0.5) is 0 Å². The molecule has 0 aromatic carbocycles. The number of furan rings is 1. The first kappa shape index (κ1) is 10.4. The summed E-state index contributed by atoms with van der Waals surface area (Å²) in [6, 6.07) is 3.93. The van der Waals surface area contributed by atoms with Crippen LogP contribution in [-0.2, 0) is 11.3 Å². The summed E-state index contributed by atoms with van der Waals surface area (Å²) in [6.45, 7) is 0.726. The number of likely N-dealkylation sites (N-methyl/N-ethyl adjacent to an activating group) is 1. The van der Waals surface area contributed by atoms with E-state index in [-0.39, 0.29) is 6.04 Å². The number of hydrogen-bond acceptors (Lipinski definition) is 3. The first-order chi connectivity index (χ1) is 7.27. The molecule has 1 unspecified atom stereocenters. The van der Waals surface area contributed by atoms with E-state index in [4.69, 9.17) is 4.42 Å². The van der Waals surface area contributed by atoms with Crippen molar-refractivity contribution in [2.24, 2.45) is 0 Å². The summed E-state index contributed by atoms with van der Waals surface area (Å²) in [4.78, 5) is 13.8. The predicted molar refractivity (Wildman–Crippen MR) is 57.4 cm³/mol. The van der Waals surface area contributed by atoms with Crippen molar-refractivity contribution in [3.8, 4) is 0 Å². The number of rotatable bonds is 3. The molecule has 0 amide bonds. The summed E-state index contributed by atoms with van der Waals surface area (Å²) < 4.78 is 5.28. The minimum absolute atomic E-state index is 0.101. The highest BCUT2D eigenvalue weighted by Crippen LogP contribution is 2.20. The largest absolute Gasteiger partial charge is 0.468 e. The lowest BCUT2D eigenvalue weighted by atomic mass is 9.93. The van der Waals surface area contributed by atoms with E-state index in [9.17, 15) is 4.79 Å². The fourth-order valence-corrected chi connectivity index (χ4v) is 2.19. The lowest BCUT2D eigenvalue weighted by molar-refractivity contribution is -0.125. The van der Waals surface area contributed by atoms with Crippen molar-refractivity contribution < 1.29 is 9.21 Å². The molecule has 1 aromatic rings. The standard InChI is InChI=1S/C12H17NO2/c1-13(9-10-5-4-8-15-10)11-6-2-3-7-12(11)14/h4-5,8,11H,2-3,6-7,9H2,1H3. The van der Waals surface area contributed by atoms with Gasteiger partial charge in [0.1, 0.15) is 11.5 Å². The average Bonchev–Trinajstić information content (AvgIpc) is 2.71. The molecule has 0 radical (unpaired) electrons. The zero-order valence-electron chi connectivity index (χ0n) is 9.11. The Morgan fingerprint density at radius 1 is 1.53 bits per heavy atom. The molecule has 0 bridgehead atoms. The summed E-state index contributed by atoms with van der Waals surface area (Å²) in [5.74, 6) is 1.31. The number of carbonyl (C=O) groups excluding carboxylic acids is 1. The molecular weight excluding hydrogens is 190 g/mol. The SMILES string of the molecule is CN(Cc1ccco1)C1CCCCC1=O. The van der Waals surface area contributed by atoms with Crippen LogP contribution in [0.3, 0.4) is 0 Å². The van der Waals surface area contributed by atoms with Gasteiger partial charge in [-0.05, 0) is 32.0 Å². The van der Waals surface area contributed by atoms with E-state index in [1.807, 2.05) is 19.2 Å². The van der Waals surface area contributed by atoms with Gasteiger partial charge >= 0.3 is 0 Å². The fourth-order valence-electron chi connectivity index (χ4n) is 2.19. The van der Waals surface area contributed by atoms with Crippen LogP contribution in [0.5, 0.6) is 0 Å². The van der Waals surface area contributed by atoms with E-state index in [1.54, 1.807) is 6.26 Å². The maximum atomic E-state index is 11.7. The van der Waals surface area contributed by atoms with Gasteiger partial charge in [0.05, 0.1) is 18.8 Å². The Hall–Kier alpha value is -1.09. The molecule has 0 aliphatic heterocycles. The molecule has 1 atom stereocenters. The zero-order valence-corrected chi connectivity index (χ0v) is 9.11. The van der Waals surface area contributed by atoms with Gasteiger partial charge in [0.25, 0.3) is 0 Å². The van der Waals surface area contributed by atoms with Gasteiger partial charge in [-0.1, -0.05) is 6.42 Å². The summed E-state index contributed by atoms with van der Waals surface area (Å²) in [6.07, 6.45) is 5.64. The number of carbonyl (C=O) groups is 1. The molecule has 1 fully saturated rings. The van der Waals surface area contributed by atoms with E-state index in [0.29, 0.717) is 5.78 Å². The van der Waals surface area contributed by atoms with Crippen molar-refractivity contribution >= 4 is 5.78 Å². The molecule has 0 saturated heterocycles. The highest BCUT2D eigenvalue weighted by Gasteiger charge is 2.26. The van der Waals surface area contributed by atoms with Crippen molar-refractivity contribution in [3.05, 3.63) is 24.2 Å². The lowest BCUT2D eigenvalue weighted by Gasteiger charge is -2.29. The van der Waals surface area contributed by atoms with E-state index in [2.05, 4.69) is 4.90 Å². The van der Waals surface area contributed by atoms with Crippen molar-refractivity contribution in [3.63, 3.8) is 0 Å². The second-order valence-electron chi connectivity index (χ2n) is 4.22. The van der Waals surface area contributed by atoms with Crippen LogP contribution in [-0.4, -0.2) is 23.8 Å². The molecular formula is C12H17NO2. The first-order valence-electron chi connectivity index (χ1n) is 5.52. The molecule has 1 saturated carbocycles. The van der Waals surface area contributed by atoms with Crippen LogP contribution in [0.2, 0.25) is 0 Å². The molecule has 1 heterocycles. The molecule has 0 N–H and O–H groups in total. The highest BCUT2D eigenvalue weighted by atomic mass is 16.3. The third kappa shape index (κ3) is 2.48. The summed E-state index contributed by atoms with van der Waals surface area (Å²) in [7, 11) is 2.00. The molecule has 1 aliphatic rings. The van der Waals surface area contributed by atoms with Crippen molar-refractivity contribution in [1.82, 2.24) is 4.90 Å². The number of ketones is 1. The number of nitrogens with zero attached hydrogens (tertiary/aromatic N) is 1. The molecule has 3 nitrogen and oxygen atoms in total. The highest BCUT2D eigenvalue weighted by molar-refractivity contribution is 5.84. The van der Waals surface area contributed by atoms with Crippen molar-refractivity contribution in [2.75, 3.05) is 7.05 Å². The van der Waals surface area contributed by atoms with Gasteiger partial charge < -0.3 is 4.42 Å². The first-order valence-corrected chi connectivity index (χ1v) is 5.52. The maximum Gasteiger partial charge on any atom is 0.149 e. The minimum atomic E-state index is 0.101. The van der Waals surface area contributed by atoms with Crippen molar-refractivity contribution in [1.29, 1.82) is 0 Å².